The third-order valence-corrected chi connectivity index (χ3v) is 3.21. The predicted octanol–water partition coefficient (Wildman–Crippen LogP) is 2.31. The molecule has 2 N–H and O–H groups in total. The zero-order valence-corrected chi connectivity index (χ0v) is 12.2. The quantitative estimate of drug-likeness (QED) is 0.810. The van der Waals surface area contributed by atoms with Crippen molar-refractivity contribution in [1.82, 2.24) is 15.5 Å². The zero-order chi connectivity index (χ0) is 14.3. The van der Waals surface area contributed by atoms with Gasteiger partial charge in [-0.25, -0.2) is 0 Å². The zero-order valence-electron chi connectivity index (χ0n) is 10.7. The number of nitrogens with one attached hydrogen (secondary N) is 1. The number of hydrogen-bond donors (Lipinski definition) is 2. The normalized spacial score (nSPS) is 12.2. The summed E-state index contributed by atoms with van der Waals surface area (Å²) in [6.45, 7) is 2.67. The molecule has 1 atom stereocenters. The van der Waals surface area contributed by atoms with Crippen LogP contribution in [0.25, 0.3) is 0 Å². The van der Waals surface area contributed by atoms with E-state index in [1.54, 1.807) is 0 Å². The van der Waals surface area contributed by atoms with Crippen LogP contribution in [0.15, 0.2) is 6.07 Å². The maximum Gasteiger partial charge on any atom is 0.254 e. The lowest BCUT2D eigenvalue weighted by Crippen LogP contribution is -2.30. The molecule has 0 bridgehead atoms. The van der Waals surface area contributed by atoms with Crippen LogP contribution in [0.5, 0.6) is 0 Å². The summed E-state index contributed by atoms with van der Waals surface area (Å²) in [6.07, 6.45) is 2.62. The van der Waals surface area contributed by atoms with Gasteiger partial charge in [-0.1, -0.05) is 36.5 Å². The fourth-order valence-electron chi connectivity index (χ4n) is 1.78. The number of aromatic nitrogens is 2. The summed E-state index contributed by atoms with van der Waals surface area (Å²) < 4.78 is 0. The van der Waals surface area contributed by atoms with Crippen molar-refractivity contribution in [2.24, 2.45) is 5.92 Å². The number of carbonyl (C=O) groups is 1. The van der Waals surface area contributed by atoms with Crippen molar-refractivity contribution in [2.75, 3.05) is 13.2 Å². The molecule has 0 aliphatic carbocycles. The molecule has 1 unspecified atom stereocenters. The van der Waals surface area contributed by atoms with Gasteiger partial charge in [-0.15, -0.1) is 10.2 Å². The Balaban J connectivity index is 2.61. The lowest BCUT2D eigenvalue weighted by Gasteiger charge is -2.15. The highest BCUT2D eigenvalue weighted by Crippen LogP contribution is 2.16. The Morgan fingerprint density at radius 3 is 2.79 bits per heavy atom. The summed E-state index contributed by atoms with van der Waals surface area (Å²) in [6, 6.07) is 1.38. The Bertz CT molecular complexity index is 423. The Morgan fingerprint density at radius 2 is 2.16 bits per heavy atom. The van der Waals surface area contributed by atoms with Crippen LogP contribution in [-0.4, -0.2) is 34.4 Å². The van der Waals surface area contributed by atoms with E-state index in [0.717, 1.165) is 12.8 Å². The van der Waals surface area contributed by atoms with Gasteiger partial charge in [0.25, 0.3) is 5.91 Å². The monoisotopic (exact) mass is 305 g/mol. The highest BCUT2D eigenvalue weighted by molar-refractivity contribution is 6.34. The van der Waals surface area contributed by atoms with E-state index in [-0.39, 0.29) is 34.3 Å². The number of halogens is 2. The number of nitrogens with zero attached hydrogens (tertiary/aromatic N) is 2. The van der Waals surface area contributed by atoms with Gasteiger partial charge in [0.2, 0.25) is 0 Å². The van der Waals surface area contributed by atoms with Gasteiger partial charge in [0.05, 0.1) is 5.56 Å². The van der Waals surface area contributed by atoms with Crippen LogP contribution < -0.4 is 5.32 Å². The molecule has 0 aliphatic rings. The summed E-state index contributed by atoms with van der Waals surface area (Å²) in [5.74, 6) is -0.0798. The van der Waals surface area contributed by atoms with E-state index >= 15 is 0 Å². The first-order valence-corrected chi connectivity index (χ1v) is 6.91. The molecule has 0 saturated carbocycles. The molecule has 0 fully saturated rings. The molecule has 1 aromatic heterocycles. The molecule has 1 heterocycles. The van der Waals surface area contributed by atoms with E-state index in [4.69, 9.17) is 28.3 Å². The molecule has 0 saturated heterocycles. The van der Waals surface area contributed by atoms with Gasteiger partial charge in [0, 0.05) is 13.2 Å². The average Bonchev–Trinajstić information content (AvgIpc) is 2.39. The fourth-order valence-corrected chi connectivity index (χ4v) is 2.11. The standard InChI is InChI=1S/C12H17Cl2N3O2/c1-2-3-8(4-5-18)7-15-12(19)9-6-10(13)16-17-11(9)14/h6,8,18H,2-5,7H2,1H3,(H,15,19). The second-order valence-electron chi connectivity index (χ2n) is 4.25. The first-order chi connectivity index (χ1) is 9.08. The van der Waals surface area contributed by atoms with Gasteiger partial charge in [-0.3, -0.25) is 4.79 Å². The SMILES string of the molecule is CCCC(CCO)CNC(=O)c1cc(Cl)nnc1Cl. The van der Waals surface area contributed by atoms with Crippen LogP contribution in [-0.2, 0) is 0 Å². The van der Waals surface area contributed by atoms with Crippen molar-refractivity contribution in [1.29, 1.82) is 0 Å². The third kappa shape index (κ3) is 5.30. The molecule has 19 heavy (non-hydrogen) atoms. The third-order valence-electron chi connectivity index (χ3n) is 2.75. The summed E-state index contributed by atoms with van der Waals surface area (Å²) in [4.78, 5) is 11.9. The molecule has 7 heteroatoms. The largest absolute Gasteiger partial charge is 0.396 e. The molecule has 1 aromatic rings. The number of carbonyl (C=O) groups excluding carboxylic acids is 1. The van der Waals surface area contributed by atoms with Crippen molar-refractivity contribution in [2.45, 2.75) is 26.2 Å². The summed E-state index contributed by atoms with van der Waals surface area (Å²) in [5.41, 5.74) is 0.209. The smallest absolute Gasteiger partial charge is 0.254 e. The molecule has 0 aliphatic heterocycles. The minimum absolute atomic E-state index is 0.0242. The van der Waals surface area contributed by atoms with Gasteiger partial charge in [-0.05, 0) is 24.8 Å². The molecule has 5 nitrogen and oxygen atoms in total. The topological polar surface area (TPSA) is 75.1 Å². The molecular weight excluding hydrogens is 289 g/mol. The number of aliphatic hydroxyl groups is 1. The van der Waals surface area contributed by atoms with Crippen LogP contribution in [0.3, 0.4) is 0 Å². The summed E-state index contributed by atoms with van der Waals surface area (Å²) in [5, 5.41) is 19.0. The highest BCUT2D eigenvalue weighted by Gasteiger charge is 2.15. The molecule has 1 rings (SSSR count). The molecule has 106 valence electrons. The summed E-state index contributed by atoms with van der Waals surface area (Å²) >= 11 is 11.5. The molecular formula is C12H17Cl2N3O2. The average molecular weight is 306 g/mol. The number of hydrogen-bond acceptors (Lipinski definition) is 4. The molecule has 1 amide bonds. The van der Waals surface area contributed by atoms with Crippen molar-refractivity contribution in [3.63, 3.8) is 0 Å². The number of amides is 1. The van der Waals surface area contributed by atoms with Gasteiger partial charge in [0.15, 0.2) is 10.3 Å². The maximum atomic E-state index is 11.9. The van der Waals surface area contributed by atoms with Crippen LogP contribution in [0.4, 0.5) is 0 Å². The van der Waals surface area contributed by atoms with E-state index in [2.05, 4.69) is 22.4 Å². The molecule has 0 aromatic carbocycles. The van der Waals surface area contributed by atoms with Crippen LogP contribution in [0.2, 0.25) is 10.3 Å². The maximum absolute atomic E-state index is 11.9. The Labute approximate surface area is 122 Å². The predicted molar refractivity (Wildman–Crippen MR) is 74.5 cm³/mol. The Kier molecular flexibility index (Phi) is 7.05. The summed E-state index contributed by atoms with van der Waals surface area (Å²) in [7, 11) is 0. The fraction of sp³-hybridized carbons (Fsp3) is 0.583. The molecule has 0 radical (unpaired) electrons. The van der Waals surface area contributed by atoms with E-state index in [1.165, 1.54) is 6.07 Å². The van der Waals surface area contributed by atoms with Crippen LogP contribution in [0.1, 0.15) is 36.5 Å². The van der Waals surface area contributed by atoms with Crippen molar-refractivity contribution < 1.29 is 9.90 Å². The number of rotatable bonds is 7. The second-order valence-corrected chi connectivity index (χ2v) is 4.99. The van der Waals surface area contributed by atoms with Gasteiger partial charge >= 0.3 is 0 Å². The lowest BCUT2D eigenvalue weighted by molar-refractivity contribution is 0.0942. The minimum Gasteiger partial charge on any atom is -0.396 e. The Hall–Kier alpha value is -0.910. The van der Waals surface area contributed by atoms with Crippen molar-refractivity contribution in [3.8, 4) is 0 Å². The minimum atomic E-state index is -0.333. The van der Waals surface area contributed by atoms with E-state index in [0.29, 0.717) is 13.0 Å². The van der Waals surface area contributed by atoms with E-state index in [9.17, 15) is 4.79 Å². The van der Waals surface area contributed by atoms with Gasteiger partial charge < -0.3 is 10.4 Å². The van der Waals surface area contributed by atoms with E-state index in [1.807, 2.05) is 0 Å². The first-order valence-electron chi connectivity index (χ1n) is 6.16. The van der Waals surface area contributed by atoms with Crippen LogP contribution >= 0.6 is 23.2 Å². The van der Waals surface area contributed by atoms with E-state index < -0.39 is 0 Å². The number of aliphatic hydroxyl groups excluding tert-OH is 1. The van der Waals surface area contributed by atoms with Crippen LogP contribution in [0, 0.1) is 5.92 Å². The highest BCUT2D eigenvalue weighted by atomic mass is 35.5. The lowest BCUT2D eigenvalue weighted by atomic mass is 10.0. The second kappa shape index (κ2) is 8.30. The van der Waals surface area contributed by atoms with Gasteiger partial charge in [0.1, 0.15) is 0 Å². The van der Waals surface area contributed by atoms with Gasteiger partial charge in [-0.2, -0.15) is 0 Å². The Morgan fingerprint density at radius 1 is 1.42 bits per heavy atom. The molecule has 0 spiro atoms. The van der Waals surface area contributed by atoms with Crippen molar-refractivity contribution in [3.05, 3.63) is 21.9 Å². The first kappa shape index (κ1) is 16.1. The van der Waals surface area contributed by atoms with Crippen molar-refractivity contribution >= 4 is 29.1 Å².